The molecule has 4 heteroatoms. The third-order valence-electron chi connectivity index (χ3n) is 2.26. The second kappa shape index (κ2) is 5.15. The van der Waals surface area contributed by atoms with Crippen molar-refractivity contribution in [3.8, 4) is 0 Å². The molecule has 2 nitrogen and oxygen atoms in total. The van der Waals surface area contributed by atoms with E-state index in [1.165, 1.54) is 0 Å². The fourth-order valence-corrected chi connectivity index (χ4v) is 2.77. The normalized spacial score (nSPS) is 25.8. The van der Waals surface area contributed by atoms with Crippen LogP contribution in [0.3, 0.4) is 0 Å². The SMILES string of the molecule is CCC1CN(C(=O)C(C)S)CCS1. The highest BCUT2D eigenvalue weighted by Gasteiger charge is 2.24. The van der Waals surface area contributed by atoms with Crippen LogP contribution in [0.1, 0.15) is 20.3 Å². The Morgan fingerprint density at radius 3 is 3.00 bits per heavy atom. The minimum atomic E-state index is -0.152. The highest BCUT2D eigenvalue weighted by molar-refractivity contribution is 8.00. The monoisotopic (exact) mass is 219 g/mol. The lowest BCUT2D eigenvalue weighted by molar-refractivity contribution is -0.130. The zero-order valence-electron chi connectivity index (χ0n) is 8.19. The van der Waals surface area contributed by atoms with E-state index in [1.54, 1.807) is 0 Å². The van der Waals surface area contributed by atoms with Crippen LogP contribution in [0.15, 0.2) is 0 Å². The van der Waals surface area contributed by atoms with E-state index in [1.807, 2.05) is 23.6 Å². The third kappa shape index (κ3) is 3.09. The van der Waals surface area contributed by atoms with E-state index in [4.69, 9.17) is 0 Å². The number of thiol groups is 1. The second-order valence-corrected chi connectivity index (χ2v) is 5.54. The van der Waals surface area contributed by atoms with Crippen molar-refractivity contribution < 1.29 is 4.79 Å². The van der Waals surface area contributed by atoms with Gasteiger partial charge in [-0.1, -0.05) is 6.92 Å². The Labute approximate surface area is 89.9 Å². The zero-order chi connectivity index (χ0) is 9.84. The number of carbonyl (C=O) groups is 1. The first-order valence-electron chi connectivity index (χ1n) is 4.73. The molecule has 1 aliphatic rings. The number of rotatable bonds is 2. The van der Waals surface area contributed by atoms with Crippen molar-refractivity contribution in [3.63, 3.8) is 0 Å². The Hall–Kier alpha value is 0.170. The predicted octanol–water partition coefficient (Wildman–Crippen LogP) is 1.66. The molecule has 0 radical (unpaired) electrons. The lowest BCUT2D eigenvalue weighted by Crippen LogP contribution is -2.44. The summed E-state index contributed by atoms with van der Waals surface area (Å²) in [6.45, 7) is 5.82. The topological polar surface area (TPSA) is 20.3 Å². The van der Waals surface area contributed by atoms with E-state index >= 15 is 0 Å². The van der Waals surface area contributed by atoms with Gasteiger partial charge >= 0.3 is 0 Å². The average Bonchev–Trinajstić information content (AvgIpc) is 2.16. The lowest BCUT2D eigenvalue weighted by Gasteiger charge is -2.32. The van der Waals surface area contributed by atoms with Gasteiger partial charge in [0.1, 0.15) is 0 Å². The van der Waals surface area contributed by atoms with Crippen molar-refractivity contribution in [3.05, 3.63) is 0 Å². The number of hydrogen-bond donors (Lipinski definition) is 1. The van der Waals surface area contributed by atoms with Gasteiger partial charge in [-0.15, -0.1) is 0 Å². The van der Waals surface area contributed by atoms with Crippen LogP contribution < -0.4 is 0 Å². The van der Waals surface area contributed by atoms with Crippen LogP contribution >= 0.6 is 24.4 Å². The molecule has 76 valence electrons. The van der Waals surface area contributed by atoms with Gasteiger partial charge in [0.25, 0.3) is 0 Å². The van der Waals surface area contributed by atoms with Crippen LogP contribution in [0.4, 0.5) is 0 Å². The summed E-state index contributed by atoms with van der Waals surface area (Å²) in [5.41, 5.74) is 0. The standard InChI is InChI=1S/C9H17NOS2/c1-3-8-6-10(4-5-13-8)9(11)7(2)12/h7-8,12H,3-6H2,1-2H3. The van der Waals surface area contributed by atoms with Gasteiger partial charge in [0, 0.05) is 24.1 Å². The molecule has 0 spiro atoms. The Bertz CT molecular complexity index is 184. The van der Waals surface area contributed by atoms with E-state index in [0.717, 1.165) is 25.3 Å². The molecule has 2 atom stereocenters. The van der Waals surface area contributed by atoms with Crippen molar-refractivity contribution in [2.75, 3.05) is 18.8 Å². The summed E-state index contributed by atoms with van der Waals surface area (Å²) in [6.07, 6.45) is 1.15. The van der Waals surface area contributed by atoms with Gasteiger partial charge in [0.15, 0.2) is 0 Å². The van der Waals surface area contributed by atoms with Crippen LogP contribution in [-0.4, -0.2) is 40.1 Å². The summed E-state index contributed by atoms with van der Waals surface area (Å²) in [5, 5.41) is 0.477. The Kier molecular flexibility index (Phi) is 4.46. The molecule has 0 saturated carbocycles. The molecule has 1 rings (SSSR count). The molecule has 0 aromatic rings. The summed E-state index contributed by atoms with van der Waals surface area (Å²) >= 11 is 6.14. The van der Waals surface area contributed by atoms with Gasteiger partial charge in [-0.05, 0) is 13.3 Å². The molecule has 0 aliphatic carbocycles. The zero-order valence-corrected chi connectivity index (χ0v) is 9.90. The van der Waals surface area contributed by atoms with Gasteiger partial charge in [-0.2, -0.15) is 24.4 Å². The molecular weight excluding hydrogens is 202 g/mol. The van der Waals surface area contributed by atoms with Crippen molar-refractivity contribution in [2.45, 2.75) is 30.8 Å². The number of hydrogen-bond acceptors (Lipinski definition) is 3. The average molecular weight is 219 g/mol. The van der Waals surface area contributed by atoms with Crippen LogP contribution in [0.2, 0.25) is 0 Å². The molecule has 1 saturated heterocycles. The number of thioether (sulfide) groups is 1. The first-order valence-corrected chi connectivity index (χ1v) is 6.30. The summed E-state index contributed by atoms with van der Waals surface area (Å²) < 4.78 is 0. The van der Waals surface area contributed by atoms with E-state index in [2.05, 4.69) is 19.6 Å². The second-order valence-electron chi connectivity index (χ2n) is 3.36. The first kappa shape index (κ1) is 11.2. The van der Waals surface area contributed by atoms with Gasteiger partial charge in [0.05, 0.1) is 5.25 Å². The van der Waals surface area contributed by atoms with Crippen LogP contribution in [0.5, 0.6) is 0 Å². The summed E-state index contributed by atoms with van der Waals surface area (Å²) in [7, 11) is 0. The molecule has 1 aliphatic heterocycles. The van der Waals surface area contributed by atoms with E-state index in [0.29, 0.717) is 5.25 Å². The minimum absolute atomic E-state index is 0.152. The summed E-state index contributed by atoms with van der Waals surface area (Å²) in [5.74, 6) is 1.26. The maximum absolute atomic E-state index is 11.6. The lowest BCUT2D eigenvalue weighted by atomic mass is 10.2. The summed E-state index contributed by atoms with van der Waals surface area (Å²) in [6, 6.07) is 0. The van der Waals surface area contributed by atoms with Gasteiger partial charge in [0.2, 0.25) is 5.91 Å². The maximum atomic E-state index is 11.6. The third-order valence-corrected chi connectivity index (χ3v) is 3.86. The predicted molar refractivity (Wildman–Crippen MR) is 61.6 cm³/mol. The summed E-state index contributed by atoms with van der Waals surface area (Å²) in [4.78, 5) is 13.5. The molecule has 0 bridgehead atoms. The fraction of sp³-hybridized carbons (Fsp3) is 0.889. The maximum Gasteiger partial charge on any atom is 0.235 e. The quantitative estimate of drug-likeness (QED) is 0.713. The molecule has 1 fully saturated rings. The van der Waals surface area contributed by atoms with E-state index in [9.17, 15) is 4.79 Å². The van der Waals surface area contributed by atoms with Crippen molar-refractivity contribution >= 4 is 30.3 Å². The first-order chi connectivity index (χ1) is 6.15. The van der Waals surface area contributed by atoms with Gasteiger partial charge in [-0.25, -0.2) is 0 Å². The van der Waals surface area contributed by atoms with Crippen molar-refractivity contribution in [2.24, 2.45) is 0 Å². The van der Waals surface area contributed by atoms with Crippen LogP contribution in [-0.2, 0) is 4.79 Å². The molecule has 1 heterocycles. The van der Waals surface area contributed by atoms with E-state index in [-0.39, 0.29) is 11.2 Å². The molecule has 0 N–H and O–H groups in total. The molecule has 2 unspecified atom stereocenters. The van der Waals surface area contributed by atoms with Crippen LogP contribution in [0, 0.1) is 0 Å². The van der Waals surface area contributed by atoms with Gasteiger partial charge < -0.3 is 4.90 Å². The van der Waals surface area contributed by atoms with Crippen LogP contribution in [0.25, 0.3) is 0 Å². The number of amides is 1. The van der Waals surface area contributed by atoms with Crippen molar-refractivity contribution in [1.29, 1.82) is 0 Å². The molecule has 0 aromatic carbocycles. The molecule has 13 heavy (non-hydrogen) atoms. The smallest absolute Gasteiger partial charge is 0.235 e. The van der Waals surface area contributed by atoms with Gasteiger partial charge in [-0.3, -0.25) is 4.79 Å². The Morgan fingerprint density at radius 1 is 1.77 bits per heavy atom. The number of nitrogens with zero attached hydrogens (tertiary/aromatic N) is 1. The molecule has 0 aromatic heterocycles. The highest BCUT2D eigenvalue weighted by atomic mass is 32.2. The highest BCUT2D eigenvalue weighted by Crippen LogP contribution is 2.21. The minimum Gasteiger partial charge on any atom is -0.340 e. The van der Waals surface area contributed by atoms with Crippen molar-refractivity contribution in [1.82, 2.24) is 4.90 Å². The fourth-order valence-electron chi connectivity index (χ4n) is 1.43. The molecular formula is C9H17NOS2. The van der Waals surface area contributed by atoms with E-state index < -0.39 is 0 Å². The largest absolute Gasteiger partial charge is 0.340 e. The Morgan fingerprint density at radius 2 is 2.46 bits per heavy atom. The Balaban J connectivity index is 2.46. The molecule has 1 amide bonds. The number of carbonyl (C=O) groups excluding carboxylic acids is 1.